The highest BCUT2D eigenvalue weighted by atomic mass is 16.3. The fourth-order valence-electron chi connectivity index (χ4n) is 3.01. The largest absolute Gasteiger partial charge is 0.373 e. The molecule has 0 aromatic heterocycles. The van der Waals surface area contributed by atoms with Crippen molar-refractivity contribution < 1.29 is 14.7 Å². The number of piperidine rings is 1. The van der Waals surface area contributed by atoms with Crippen molar-refractivity contribution in [1.82, 2.24) is 4.90 Å². The van der Waals surface area contributed by atoms with Gasteiger partial charge in [-0.3, -0.25) is 9.59 Å². The van der Waals surface area contributed by atoms with E-state index in [2.05, 4.69) is 0 Å². The lowest BCUT2D eigenvalue weighted by atomic mass is 9.96. The van der Waals surface area contributed by atoms with Crippen LogP contribution in [0.3, 0.4) is 0 Å². The molecule has 1 saturated heterocycles. The Bertz CT molecular complexity index is 534. The van der Waals surface area contributed by atoms with Crippen molar-refractivity contribution >= 4 is 11.7 Å². The van der Waals surface area contributed by atoms with Gasteiger partial charge in [0.25, 0.3) is 5.91 Å². The molecule has 0 spiro atoms. The first-order chi connectivity index (χ1) is 9.13. The van der Waals surface area contributed by atoms with Gasteiger partial charge in [0.2, 0.25) is 11.4 Å². The van der Waals surface area contributed by atoms with Gasteiger partial charge in [0.05, 0.1) is 0 Å². The molecule has 1 aromatic carbocycles. The normalized spacial score (nSPS) is 26.4. The van der Waals surface area contributed by atoms with Crippen LogP contribution >= 0.6 is 0 Å². The summed E-state index contributed by atoms with van der Waals surface area (Å²) in [6, 6.07) is 7.06. The van der Waals surface area contributed by atoms with Gasteiger partial charge in [0.15, 0.2) is 0 Å². The molecule has 1 heterocycles. The third-order valence-corrected chi connectivity index (χ3v) is 4.08. The Balaban J connectivity index is 1.89. The zero-order valence-corrected chi connectivity index (χ0v) is 10.8. The summed E-state index contributed by atoms with van der Waals surface area (Å²) in [5, 5.41) is 10.6. The number of ketones is 1. The van der Waals surface area contributed by atoms with Gasteiger partial charge in [-0.25, -0.2) is 0 Å². The number of fused-ring (bicyclic) bond motifs is 1. The molecular weight excluding hydrogens is 242 g/mol. The Labute approximate surface area is 112 Å². The van der Waals surface area contributed by atoms with Crippen LogP contribution < -0.4 is 0 Å². The van der Waals surface area contributed by atoms with Crippen molar-refractivity contribution in [3.63, 3.8) is 0 Å². The molecule has 0 bridgehead atoms. The van der Waals surface area contributed by atoms with E-state index in [1.807, 2.05) is 6.07 Å². The van der Waals surface area contributed by atoms with Gasteiger partial charge < -0.3 is 10.0 Å². The minimum absolute atomic E-state index is 0.108. The number of benzene rings is 1. The fraction of sp³-hybridized carbons (Fsp3) is 0.467. The summed E-state index contributed by atoms with van der Waals surface area (Å²) in [5.74, 6) is -0.868. The number of hydrogen-bond acceptors (Lipinski definition) is 3. The molecule has 1 N–H and O–H groups in total. The molecule has 1 aliphatic heterocycles. The summed E-state index contributed by atoms with van der Waals surface area (Å²) in [6.07, 6.45) is 3.11. The summed E-state index contributed by atoms with van der Waals surface area (Å²) in [4.78, 5) is 26.4. The maximum Gasteiger partial charge on any atom is 0.263 e. The summed E-state index contributed by atoms with van der Waals surface area (Å²) in [5.41, 5.74) is -0.628. The van der Waals surface area contributed by atoms with Crippen LogP contribution in [0.5, 0.6) is 0 Å². The van der Waals surface area contributed by atoms with E-state index in [1.54, 1.807) is 23.1 Å². The lowest BCUT2D eigenvalue weighted by Gasteiger charge is -2.32. The number of aliphatic hydroxyl groups is 1. The predicted octanol–water partition coefficient (Wildman–Crippen LogP) is 1.17. The van der Waals surface area contributed by atoms with Crippen molar-refractivity contribution in [3.8, 4) is 0 Å². The number of nitrogens with zero attached hydrogens (tertiary/aromatic N) is 1. The number of likely N-dealkylation sites (tertiary alicyclic amines) is 1. The van der Waals surface area contributed by atoms with E-state index < -0.39 is 17.3 Å². The highest BCUT2D eigenvalue weighted by molar-refractivity contribution is 6.19. The molecule has 0 saturated carbocycles. The topological polar surface area (TPSA) is 57.6 Å². The molecule has 4 heteroatoms. The highest BCUT2D eigenvalue weighted by Crippen LogP contribution is 2.32. The number of carbonyl (C=O) groups is 2. The predicted molar refractivity (Wildman–Crippen MR) is 69.9 cm³/mol. The second-order valence-corrected chi connectivity index (χ2v) is 5.38. The quantitative estimate of drug-likeness (QED) is 0.770. The number of hydrogen-bond donors (Lipinski definition) is 1. The Morgan fingerprint density at radius 3 is 2.53 bits per heavy atom. The van der Waals surface area contributed by atoms with Crippen molar-refractivity contribution in [2.24, 2.45) is 0 Å². The Kier molecular flexibility index (Phi) is 2.90. The second kappa shape index (κ2) is 4.46. The Morgan fingerprint density at radius 2 is 1.84 bits per heavy atom. The average molecular weight is 259 g/mol. The third-order valence-electron chi connectivity index (χ3n) is 4.08. The Hall–Kier alpha value is -1.68. The smallest absolute Gasteiger partial charge is 0.263 e. The Morgan fingerprint density at radius 1 is 1.16 bits per heavy atom. The number of amides is 1. The highest BCUT2D eigenvalue weighted by Gasteiger charge is 2.51. The second-order valence-electron chi connectivity index (χ2n) is 5.38. The monoisotopic (exact) mass is 259 g/mol. The first-order valence-electron chi connectivity index (χ1n) is 6.77. The summed E-state index contributed by atoms with van der Waals surface area (Å²) in [6.45, 7) is 1.29. The van der Waals surface area contributed by atoms with Crippen molar-refractivity contribution in [2.75, 3.05) is 13.1 Å². The van der Waals surface area contributed by atoms with Crippen LogP contribution in [-0.4, -0.2) is 40.4 Å². The molecule has 1 unspecified atom stereocenters. The van der Waals surface area contributed by atoms with Crippen molar-refractivity contribution in [1.29, 1.82) is 0 Å². The van der Waals surface area contributed by atoms with Gasteiger partial charge in [0.1, 0.15) is 0 Å². The van der Waals surface area contributed by atoms with Gasteiger partial charge in [0, 0.05) is 25.1 Å². The summed E-state index contributed by atoms with van der Waals surface area (Å²) in [7, 11) is 0. The number of Topliss-reactive ketones (excluding diaryl/α,β-unsaturated/α-hetero) is 1. The molecule has 1 aromatic rings. The van der Waals surface area contributed by atoms with Gasteiger partial charge in [-0.2, -0.15) is 0 Å². The van der Waals surface area contributed by atoms with Crippen LogP contribution in [0.2, 0.25) is 0 Å². The lowest BCUT2D eigenvalue weighted by Crippen LogP contribution is -2.54. The summed E-state index contributed by atoms with van der Waals surface area (Å²) >= 11 is 0. The SMILES string of the molecule is O=C1c2ccccc2CC1(O)C(=O)N1CCCCC1. The van der Waals surface area contributed by atoms with Gasteiger partial charge >= 0.3 is 0 Å². The molecule has 0 radical (unpaired) electrons. The van der Waals surface area contributed by atoms with Crippen molar-refractivity contribution in [3.05, 3.63) is 35.4 Å². The molecule has 3 rings (SSSR count). The van der Waals surface area contributed by atoms with E-state index in [0.29, 0.717) is 18.7 Å². The average Bonchev–Trinajstić information content (AvgIpc) is 2.72. The van der Waals surface area contributed by atoms with Gasteiger partial charge in [-0.05, 0) is 24.8 Å². The zero-order chi connectivity index (χ0) is 13.5. The van der Waals surface area contributed by atoms with Gasteiger partial charge in [-0.1, -0.05) is 24.3 Å². The van der Waals surface area contributed by atoms with Crippen LogP contribution in [0.15, 0.2) is 24.3 Å². The number of carbonyl (C=O) groups excluding carboxylic acids is 2. The molecule has 4 nitrogen and oxygen atoms in total. The van der Waals surface area contributed by atoms with E-state index in [-0.39, 0.29) is 6.42 Å². The molecule has 1 atom stereocenters. The molecule has 1 fully saturated rings. The van der Waals surface area contributed by atoms with E-state index in [1.165, 1.54) is 0 Å². The maximum atomic E-state index is 12.5. The molecule has 100 valence electrons. The van der Waals surface area contributed by atoms with E-state index in [9.17, 15) is 14.7 Å². The van der Waals surface area contributed by atoms with Crippen LogP contribution in [0.25, 0.3) is 0 Å². The molecule has 1 aliphatic carbocycles. The van der Waals surface area contributed by atoms with E-state index in [0.717, 1.165) is 24.8 Å². The third kappa shape index (κ3) is 1.87. The minimum atomic E-state index is -1.87. The van der Waals surface area contributed by atoms with Gasteiger partial charge in [-0.15, -0.1) is 0 Å². The molecule has 1 amide bonds. The van der Waals surface area contributed by atoms with Crippen molar-refractivity contribution in [2.45, 2.75) is 31.3 Å². The van der Waals surface area contributed by atoms with E-state index in [4.69, 9.17) is 0 Å². The number of rotatable bonds is 1. The maximum absolute atomic E-state index is 12.5. The fourth-order valence-corrected chi connectivity index (χ4v) is 3.01. The zero-order valence-electron chi connectivity index (χ0n) is 10.8. The molecule has 19 heavy (non-hydrogen) atoms. The summed E-state index contributed by atoms with van der Waals surface area (Å²) < 4.78 is 0. The minimum Gasteiger partial charge on any atom is -0.373 e. The standard InChI is InChI=1S/C15H17NO3/c17-13-12-7-3-2-6-11(12)10-15(13,19)14(18)16-8-4-1-5-9-16/h2-3,6-7,19H,1,4-5,8-10H2. The first-order valence-corrected chi connectivity index (χ1v) is 6.77. The van der Waals surface area contributed by atoms with E-state index >= 15 is 0 Å². The first kappa shape index (κ1) is 12.4. The van der Waals surface area contributed by atoms with Crippen LogP contribution in [0.4, 0.5) is 0 Å². The lowest BCUT2D eigenvalue weighted by molar-refractivity contribution is -0.146. The molecule has 2 aliphatic rings. The van der Waals surface area contributed by atoms with Crippen LogP contribution in [0, 0.1) is 0 Å². The van der Waals surface area contributed by atoms with Crippen LogP contribution in [0.1, 0.15) is 35.2 Å². The van der Waals surface area contributed by atoms with Crippen LogP contribution in [-0.2, 0) is 11.2 Å². The molecular formula is C15H17NO3.